The monoisotopic (exact) mass is 329 g/mol. The lowest BCUT2D eigenvalue weighted by Crippen LogP contribution is -2.37. The van der Waals surface area contributed by atoms with Crippen LogP contribution in [-0.2, 0) is 11.3 Å². The van der Waals surface area contributed by atoms with E-state index in [1.807, 2.05) is 26.0 Å². The lowest BCUT2D eigenvalue weighted by atomic mass is 10.1. The number of benzene rings is 1. The predicted molar refractivity (Wildman–Crippen MR) is 92.1 cm³/mol. The number of carbonyl (C=O) groups is 1. The van der Waals surface area contributed by atoms with Crippen LogP contribution in [-0.4, -0.2) is 28.3 Å². The molecule has 0 fully saturated rings. The van der Waals surface area contributed by atoms with Crippen LogP contribution in [0.2, 0.25) is 0 Å². The van der Waals surface area contributed by atoms with Crippen molar-refractivity contribution in [3.63, 3.8) is 0 Å². The van der Waals surface area contributed by atoms with Crippen molar-refractivity contribution >= 4 is 5.91 Å². The average Bonchev–Trinajstić information content (AvgIpc) is 2.51. The Morgan fingerprint density at radius 3 is 2.67 bits per heavy atom. The highest BCUT2D eigenvalue weighted by atomic mass is 16.5. The molecule has 0 saturated heterocycles. The third kappa shape index (κ3) is 5.22. The summed E-state index contributed by atoms with van der Waals surface area (Å²) in [6.07, 6.45) is 1.61. The predicted octanol–water partition coefficient (Wildman–Crippen LogP) is 1.83. The molecule has 1 aromatic carbocycles. The number of carbonyl (C=O) groups excluding carboxylic acids is 1. The molecule has 6 heteroatoms. The molecule has 1 atom stereocenters. The van der Waals surface area contributed by atoms with Crippen LogP contribution in [0.4, 0.5) is 0 Å². The zero-order valence-electron chi connectivity index (χ0n) is 14.3. The van der Waals surface area contributed by atoms with Gasteiger partial charge >= 0.3 is 0 Å². The van der Waals surface area contributed by atoms with Crippen LogP contribution in [0.3, 0.4) is 0 Å². The number of hydrogen-bond acceptors (Lipinski definition) is 4. The molecule has 6 nitrogen and oxygen atoms in total. The highest BCUT2D eigenvalue weighted by molar-refractivity contribution is 5.80. The van der Waals surface area contributed by atoms with Gasteiger partial charge in [-0.1, -0.05) is 6.07 Å². The van der Waals surface area contributed by atoms with E-state index in [-0.39, 0.29) is 11.5 Å². The minimum absolute atomic E-state index is 0.143. The smallest absolute Gasteiger partial charge is 0.266 e. The van der Waals surface area contributed by atoms with E-state index >= 15 is 0 Å². The van der Waals surface area contributed by atoms with Crippen LogP contribution >= 0.6 is 0 Å². The second-order valence-electron chi connectivity index (χ2n) is 5.81. The van der Waals surface area contributed by atoms with Crippen molar-refractivity contribution in [3.8, 4) is 5.75 Å². The molecule has 24 heavy (non-hydrogen) atoms. The lowest BCUT2D eigenvalue weighted by molar-refractivity contribution is -0.127. The number of nitrogens with zero attached hydrogens (tertiary/aromatic N) is 2. The molecule has 0 aliphatic carbocycles. The fraction of sp³-hybridized carbons (Fsp3) is 0.389. The molecule has 1 unspecified atom stereocenters. The van der Waals surface area contributed by atoms with Crippen LogP contribution in [0.25, 0.3) is 0 Å². The van der Waals surface area contributed by atoms with Gasteiger partial charge in [-0.3, -0.25) is 9.59 Å². The molecule has 0 spiro atoms. The molecule has 1 amide bonds. The summed E-state index contributed by atoms with van der Waals surface area (Å²) >= 11 is 0. The summed E-state index contributed by atoms with van der Waals surface area (Å²) in [7, 11) is 0. The Hall–Kier alpha value is -2.63. The Morgan fingerprint density at radius 1 is 1.29 bits per heavy atom. The van der Waals surface area contributed by atoms with Gasteiger partial charge < -0.3 is 10.1 Å². The molecule has 1 aromatic heterocycles. The third-order valence-corrected chi connectivity index (χ3v) is 3.51. The van der Waals surface area contributed by atoms with Gasteiger partial charge in [0, 0.05) is 25.4 Å². The lowest BCUT2D eigenvalue weighted by Gasteiger charge is -2.15. The van der Waals surface area contributed by atoms with Crippen molar-refractivity contribution in [1.82, 2.24) is 15.1 Å². The Bertz CT molecular complexity index is 735. The maximum absolute atomic E-state index is 12.1. The van der Waals surface area contributed by atoms with Crippen molar-refractivity contribution in [3.05, 3.63) is 58.0 Å². The fourth-order valence-corrected chi connectivity index (χ4v) is 2.40. The van der Waals surface area contributed by atoms with Crippen molar-refractivity contribution in [2.24, 2.45) is 0 Å². The number of hydrogen-bond donors (Lipinski definition) is 1. The first-order chi connectivity index (χ1) is 11.5. The molecule has 2 aromatic rings. The summed E-state index contributed by atoms with van der Waals surface area (Å²) in [4.78, 5) is 23.6. The van der Waals surface area contributed by atoms with Gasteiger partial charge in [-0.15, -0.1) is 0 Å². The Labute approximate surface area is 141 Å². The van der Waals surface area contributed by atoms with Crippen LogP contribution < -0.4 is 15.6 Å². The summed E-state index contributed by atoms with van der Waals surface area (Å²) < 4.78 is 7.07. The number of aryl methyl sites for hydroxylation is 3. The van der Waals surface area contributed by atoms with Crippen LogP contribution in [0.5, 0.6) is 5.75 Å². The van der Waals surface area contributed by atoms with Gasteiger partial charge in [0.15, 0.2) is 6.10 Å². The van der Waals surface area contributed by atoms with Gasteiger partial charge in [0.2, 0.25) is 0 Å². The molecule has 128 valence electrons. The molecule has 2 rings (SSSR count). The largest absolute Gasteiger partial charge is 0.481 e. The van der Waals surface area contributed by atoms with Gasteiger partial charge in [0.05, 0.1) is 0 Å². The summed E-state index contributed by atoms with van der Waals surface area (Å²) in [6, 6.07) is 8.93. The Morgan fingerprint density at radius 2 is 2.00 bits per heavy atom. The first-order valence-corrected chi connectivity index (χ1v) is 8.00. The SMILES string of the molecule is Cc1cc(C)cc(OC(C)C(=O)NCCCn2ncccc2=O)c1. The summed E-state index contributed by atoms with van der Waals surface area (Å²) in [5.41, 5.74) is 2.05. The molecule has 0 radical (unpaired) electrons. The molecular formula is C18H23N3O3. The Kier molecular flexibility index (Phi) is 6.12. The summed E-state index contributed by atoms with van der Waals surface area (Å²) in [6.45, 7) is 6.62. The normalized spacial score (nSPS) is 11.8. The number of amides is 1. The van der Waals surface area contributed by atoms with E-state index in [4.69, 9.17) is 4.74 Å². The quantitative estimate of drug-likeness (QED) is 0.787. The molecule has 0 aliphatic heterocycles. The second-order valence-corrected chi connectivity index (χ2v) is 5.81. The standard InChI is InChI=1S/C18H23N3O3/c1-13-10-14(2)12-16(11-13)24-15(3)18(23)19-7-5-9-21-17(22)6-4-8-20-21/h4,6,8,10-12,15H,5,7,9H2,1-3H3,(H,19,23). The summed E-state index contributed by atoms with van der Waals surface area (Å²) in [5.74, 6) is 0.512. The molecule has 1 N–H and O–H groups in total. The third-order valence-electron chi connectivity index (χ3n) is 3.51. The van der Waals surface area contributed by atoms with Crippen molar-refractivity contribution in [2.75, 3.05) is 6.54 Å². The zero-order valence-corrected chi connectivity index (χ0v) is 14.3. The maximum atomic E-state index is 12.1. The molecular weight excluding hydrogens is 306 g/mol. The number of nitrogens with one attached hydrogen (secondary N) is 1. The first kappa shape index (κ1) is 17.7. The van der Waals surface area contributed by atoms with E-state index in [2.05, 4.69) is 16.5 Å². The van der Waals surface area contributed by atoms with E-state index < -0.39 is 6.10 Å². The highest BCUT2D eigenvalue weighted by Crippen LogP contribution is 2.17. The molecule has 0 aliphatic rings. The van der Waals surface area contributed by atoms with Gasteiger partial charge in [-0.05, 0) is 56.5 Å². The average molecular weight is 329 g/mol. The van der Waals surface area contributed by atoms with E-state index in [0.717, 1.165) is 11.1 Å². The number of rotatable bonds is 7. The molecule has 0 bridgehead atoms. The van der Waals surface area contributed by atoms with Gasteiger partial charge in [-0.2, -0.15) is 5.10 Å². The van der Waals surface area contributed by atoms with Gasteiger partial charge in [-0.25, -0.2) is 4.68 Å². The summed E-state index contributed by atoms with van der Waals surface area (Å²) in [5, 5.41) is 6.78. The minimum atomic E-state index is -0.580. The Balaban J connectivity index is 1.77. The van der Waals surface area contributed by atoms with E-state index in [9.17, 15) is 9.59 Å². The van der Waals surface area contributed by atoms with Crippen molar-refractivity contribution in [1.29, 1.82) is 0 Å². The van der Waals surface area contributed by atoms with Gasteiger partial charge in [0.1, 0.15) is 5.75 Å². The maximum Gasteiger partial charge on any atom is 0.266 e. The van der Waals surface area contributed by atoms with Crippen LogP contribution in [0, 0.1) is 13.8 Å². The first-order valence-electron chi connectivity index (χ1n) is 8.00. The molecule has 1 heterocycles. The van der Waals surface area contributed by atoms with Crippen LogP contribution in [0.1, 0.15) is 24.5 Å². The number of ether oxygens (including phenoxy) is 1. The second kappa shape index (κ2) is 8.29. The van der Waals surface area contributed by atoms with Crippen molar-refractivity contribution < 1.29 is 9.53 Å². The molecule has 0 saturated carbocycles. The topological polar surface area (TPSA) is 73.2 Å². The highest BCUT2D eigenvalue weighted by Gasteiger charge is 2.14. The zero-order chi connectivity index (χ0) is 17.5. The minimum Gasteiger partial charge on any atom is -0.481 e. The van der Waals surface area contributed by atoms with E-state index in [1.54, 1.807) is 19.2 Å². The van der Waals surface area contributed by atoms with Crippen LogP contribution in [0.15, 0.2) is 41.3 Å². The van der Waals surface area contributed by atoms with Gasteiger partial charge in [0.25, 0.3) is 11.5 Å². The fourth-order valence-electron chi connectivity index (χ4n) is 2.40. The van der Waals surface area contributed by atoms with E-state index in [0.29, 0.717) is 25.3 Å². The van der Waals surface area contributed by atoms with Crippen molar-refractivity contribution in [2.45, 2.75) is 39.8 Å². The van der Waals surface area contributed by atoms with E-state index in [1.165, 1.54) is 10.7 Å². The number of aromatic nitrogens is 2.